The quantitative estimate of drug-likeness (QED) is 0.732. The smallest absolute Gasteiger partial charge is 0.229 e. The van der Waals surface area contributed by atoms with Gasteiger partial charge in [0, 0.05) is 6.54 Å². The Balaban J connectivity index is 1.51. The summed E-state index contributed by atoms with van der Waals surface area (Å²) >= 11 is 0. The van der Waals surface area contributed by atoms with E-state index in [0.29, 0.717) is 24.6 Å². The lowest BCUT2D eigenvalue weighted by molar-refractivity contribution is -0.115. The Bertz CT molecular complexity index is 773. The van der Waals surface area contributed by atoms with Gasteiger partial charge < -0.3 is 10.6 Å². The van der Waals surface area contributed by atoms with Gasteiger partial charge in [0.25, 0.3) is 0 Å². The van der Waals surface area contributed by atoms with E-state index in [-0.39, 0.29) is 5.91 Å². The summed E-state index contributed by atoms with van der Waals surface area (Å²) in [7, 11) is 0. The third-order valence-corrected chi connectivity index (χ3v) is 3.46. The first-order valence-electron chi connectivity index (χ1n) is 7.75. The van der Waals surface area contributed by atoms with Crippen LogP contribution in [0.25, 0.3) is 0 Å². The van der Waals surface area contributed by atoms with Crippen LogP contribution in [0.4, 0.5) is 11.6 Å². The van der Waals surface area contributed by atoms with Crippen LogP contribution in [0, 0.1) is 0 Å². The van der Waals surface area contributed by atoms with Crippen molar-refractivity contribution in [3.8, 4) is 0 Å². The number of carbonyl (C=O) groups excluding carboxylic acids is 1. The van der Waals surface area contributed by atoms with Gasteiger partial charge in [-0.15, -0.1) is 10.2 Å². The lowest BCUT2D eigenvalue weighted by atomic mass is 10.1. The van der Waals surface area contributed by atoms with Crippen LogP contribution in [-0.2, 0) is 17.8 Å². The topological polar surface area (TPSA) is 66.9 Å². The van der Waals surface area contributed by atoms with Gasteiger partial charge in [-0.05, 0) is 23.3 Å². The van der Waals surface area contributed by atoms with E-state index < -0.39 is 0 Å². The number of nitrogens with one attached hydrogen (secondary N) is 2. The second-order valence-electron chi connectivity index (χ2n) is 5.35. The van der Waals surface area contributed by atoms with Crippen LogP contribution < -0.4 is 10.6 Å². The summed E-state index contributed by atoms with van der Waals surface area (Å²) in [5, 5.41) is 14.1. The molecule has 1 heterocycles. The minimum atomic E-state index is -0.111. The molecule has 0 aliphatic carbocycles. The second-order valence-corrected chi connectivity index (χ2v) is 5.35. The third-order valence-electron chi connectivity index (χ3n) is 3.46. The van der Waals surface area contributed by atoms with Crippen LogP contribution >= 0.6 is 0 Å². The number of amides is 1. The SMILES string of the molecule is O=C(Cc1ccccc1)Nc1ccc(NCc2ccccc2)nn1. The highest BCUT2D eigenvalue weighted by Gasteiger charge is 2.05. The molecule has 0 unspecified atom stereocenters. The van der Waals surface area contributed by atoms with Crippen LogP contribution in [-0.4, -0.2) is 16.1 Å². The summed E-state index contributed by atoms with van der Waals surface area (Å²) in [6, 6.07) is 23.2. The number of anilines is 2. The summed E-state index contributed by atoms with van der Waals surface area (Å²) < 4.78 is 0. The van der Waals surface area contributed by atoms with E-state index in [1.165, 1.54) is 5.56 Å². The van der Waals surface area contributed by atoms with E-state index in [1.54, 1.807) is 12.1 Å². The molecule has 5 nitrogen and oxygen atoms in total. The number of rotatable bonds is 6. The monoisotopic (exact) mass is 318 g/mol. The van der Waals surface area contributed by atoms with Gasteiger partial charge in [-0.2, -0.15) is 0 Å². The molecule has 2 N–H and O–H groups in total. The Hall–Kier alpha value is -3.21. The van der Waals surface area contributed by atoms with E-state index in [1.807, 2.05) is 60.7 Å². The molecule has 0 bridgehead atoms. The fraction of sp³-hybridized carbons (Fsp3) is 0.105. The molecule has 3 rings (SSSR count). The zero-order valence-corrected chi connectivity index (χ0v) is 13.1. The van der Waals surface area contributed by atoms with Gasteiger partial charge in [-0.3, -0.25) is 4.79 Å². The summed E-state index contributed by atoms with van der Waals surface area (Å²) in [5.41, 5.74) is 2.13. The third kappa shape index (κ3) is 4.64. The molecule has 2 aromatic carbocycles. The van der Waals surface area contributed by atoms with Gasteiger partial charge in [-0.1, -0.05) is 60.7 Å². The van der Waals surface area contributed by atoms with Crippen molar-refractivity contribution in [2.75, 3.05) is 10.6 Å². The van der Waals surface area contributed by atoms with Crippen molar-refractivity contribution >= 4 is 17.5 Å². The van der Waals surface area contributed by atoms with Crippen LogP contribution in [0.1, 0.15) is 11.1 Å². The maximum atomic E-state index is 12.0. The Morgan fingerprint density at radius 3 is 1.96 bits per heavy atom. The molecule has 0 saturated heterocycles. The molecule has 0 spiro atoms. The Kier molecular flexibility index (Phi) is 5.14. The van der Waals surface area contributed by atoms with E-state index in [2.05, 4.69) is 20.8 Å². The van der Waals surface area contributed by atoms with E-state index >= 15 is 0 Å². The summed E-state index contributed by atoms with van der Waals surface area (Å²) in [6.07, 6.45) is 0.316. The van der Waals surface area contributed by atoms with Crippen molar-refractivity contribution in [2.45, 2.75) is 13.0 Å². The number of carbonyl (C=O) groups is 1. The van der Waals surface area contributed by atoms with Gasteiger partial charge in [0.15, 0.2) is 5.82 Å². The Morgan fingerprint density at radius 2 is 1.33 bits per heavy atom. The van der Waals surface area contributed by atoms with Crippen molar-refractivity contribution in [1.82, 2.24) is 10.2 Å². The maximum absolute atomic E-state index is 12.0. The van der Waals surface area contributed by atoms with Gasteiger partial charge in [0.2, 0.25) is 5.91 Å². The van der Waals surface area contributed by atoms with E-state index in [9.17, 15) is 4.79 Å². The van der Waals surface area contributed by atoms with Gasteiger partial charge in [0.1, 0.15) is 5.82 Å². The lowest BCUT2D eigenvalue weighted by Crippen LogP contribution is -2.15. The predicted molar refractivity (Wildman–Crippen MR) is 94.6 cm³/mol. The summed E-state index contributed by atoms with van der Waals surface area (Å²) in [6.45, 7) is 0.676. The second kappa shape index (κ2) is 7.87. The van der Waals surface area contributed by atoms with Gasteiger partial charge in [0.05, 0.1) is 6.42 Å². The summed E-state index contributed by atoms with van der Waals surface area (Å²) in [5.74, 6) is 1.00. The molecular weight excluding hydrogens is 300 g/mol. The molecule has 0 fully saturated rings. The van der Waals surface area contributed by atoms with Crippen LogP contribution in [0.2, 0.25) is 0 Å². The van der Waals surface area contributed by atoms with E-state index in [4.69, 9.17) is 0 Å². The Labute approximate surface area is 140 Å². The normalized spacial score (nSPS) is 10.2. The van der Waals surface area contributed by atoms with Crippen molar-refractivity contribution in [3.63, 3.8) is 0 Å². The molecule has 120 valence electrons. The molecule has 3 aromatic rings. The first-order chi connectivity index (χ1) is 11.8. The van der Waals surface area contributed by atoms with Crippen molar-refractivity contribution in [2.24, 2.45) is 0 Å². The molecule has 0 atom stereocenters. The van der Waals surface area contributed by atoms with Crippen LogP contribution in [0.3, 0.4) is 0 Å². The average Bonchev–Trinajstić information content (AvgIpc) is 2.63. The lowest BCUT2D eigenvalue weighted by Gasteiger charge is -2.07. The number of aromatic nitrogens is 2. The Morgan fingerprint density at radius 1 is 0.750 bits per heavy atom. The number of benzene rings is 2. The highest BCUT2D eigenvalue weighted by atomic mass is 16.1. The van der Waals surface area contributed by atoms with Gasteiger partial charge >= 0.3 is 0 Å². The fourth-order valence-electron chi connectivity index (χ4n) is 2.25. The average molecular weight is 318 g/mol. The minimum Gasteiger partial charge on any atom is -0.365 e. The van der Waals surface area contributed by atoms with Crippen LogP contribution in [0.15, 0.2) is 72.8 Å². The van der Waals surface area contributed by atoms with Crippen molar-refractivity contribution < 1.29 is 4.79 Å². The molecule has 0 aliphatic rings. The maximum Gasteiger partial charge on any atom is 0.229 e. The van der Waals surface area contributed by atoms with Crippen molar-refractivity contribution in [3.05, 3.63) is 83.9 Å². The zero-order valence-electron chi connectivity index (χ0n) is 13.1. The molecule has 0 aliphatic heterocycles. The number of nitrogens with zero attached hydrogens (tertiary/aromatic N) is 2. The molecule has 0 radical (unpaired) electrons. The molecule has 1 aromatic heterocycles. The standard InChI is InChI=1S/C19H18N4O/c24-19(13-15-7-3-1-4-8-15)21-18-12-11-17(22-23-18)20-14-16-9-5-2-6-10-16/h1-12H,13-14H2,(H,20,22)(H,21,23,24). The molecule has 0 saturated carbocycles. The molecular formula is C19H18N4O. The first kappa shape index (κ1) is 15.7. The number of hydrogen-bond acceptors (Lipinski definition) is 4. The highest BCUT2D eigenvalue weighted by Crippen LogP contribution is 2.09. The van der Waals surface area contributed by atoms with E-state index in [0.717, 1.165) is 5.56 Å². The zero-order chi connectivity index (χ0) is 16.6. The fourth-order valence-corrected chi connectivity index (χ4v) is 2.25. The van der Waals surface area contributed by atoms with Gasteiger partial charge in [-0.25, -0.2) is 0 Å². The molecule has 1 amide bonds. The largest absolute Gasteiger partial charge is 0.365 e. The highest BCUT2D eigenvalue weighted by molar-refractivity contribution is 5.91. The van der Waals surface area contributed by atoms with Crippen LogP contribution in [0.5, 0.6) is 0 Å². The molecule has 24 heavy (non-hydrogen) atoms. The van der Waals surface area contributed by atoms with Crippen molar-refractivity contribution in [1.29, 1.82) is 0 Å². The summed E-state index contributed by atoms with van der Waals surface area (Å²) in [4.78, 5) is 12.0. The molecule has 5 heteroatoms. The minimum absolute atomic E-state index is 0.111. The predicted octanol–water partition coefficient (Wildman–Crippen LogP) is 3.27. The number of hydrogen-bond donors (Lipinski definition) is 2. The first-order valence-corrected chi connectivity index (χ1v) is 7.75.